The van der Waals surface area contributed by atoms with Crippen LogP contribution in [-0.4, -0.2) is 50.8 Å². The lowest BCUT2D eigenvalue weighted by Crippen LogP contribution is -3.13. The first kappa shape index (κ1) is 16.1. The molecule has 17 heavy (non-hydrogen) atoms. The first-order chi connectivity index (χ1) is 7.76. The number of amides is 1. The van der Waals surface area contributed by atoms with Crippen LogP contribution >= 0.6 is 0 Å². The van der Waals surface area contributed by atoms with Crippen molar-refractivity contribution in [3.8, 4) is 0 Å². The topological polar surface area (TPSA) is 90.7 Å². The van der Waals surface area contributed by atoms with E-state index in [-0.39, 0.29) is 17.7 Å². The second-order valence-electron chi connectivity index (χ2n) is 4.04. The van der Waals surface area contributed by atoms with Gasteiger partial charge in [0.2, 0.25) is 5.91 Å². The lowest BCUT2D eigenvalue weighted by atomic mass is 10.2. The first-order valence-corrected chi connectivity index (χ1v) is 7.00. The second kappa shape index (κ2) is 7.41. The Labute approximate surface area is 102 Å². The number of carbonyl (C=O) groups is 1. The van der Waals surface area contributed by atoms with E-state index in [0.717, 1.165) is 4.90 Å². The van der Waals surface area contributed by atoms with Crippen molar-refractivity contribution >= 4 is 16.0 Å². The average Bonchev–Trinajstić information content (AvgIpc) is 2.24. The highest BCUT2D eigenvalue weighted by atomic mass is 32.2. The van der Waals surface area contributed by atoms with Gasteiger partial charge in [-0.25, -0.2) is 8.42 Å². The quantitative estimate of drug-likeness (QED) is 0.397. The van der Waals surface area contributed by atoms with Crippen LogP contribution in [0.15, 0.2) is 12.7 Å². The van der Waals surface area contributed by atoms with Crippen LogP contribution in [0.4, 0.5) is 0 Å². The van der Waals surface area contributed by atoms with Gasteiger partial charge in [0.15, 0.2) is 0 Å². The molecule has 0 aromatic heterocycles. The number of hydrogen-bond acceptors (Lipinski definition) is 4. The molecule has 0 spiro atoms. The Morgan fingerprint density at radius 1 is 1.59 bits per heavy atom. The third-order valence-electron chi connectivity index (χ3n) is 2.65. The zero-order chi connectivity index (χ0) is 13.5. The smallest absolute Gasteiger partial charge is 0.243 e. The summed E-state index contributed by atoms with van der Waals surface area (Å²) in [5.74, 6) is -0.572. The van der Waals surface area contributed by atoms with Gasteiger partial charge < -0.3 is 14.8 Å². The monoisotopic (exact) mass is 264 g/mol. The molecule has 0 rings (SSSR count). The lowest BCUT2D eigenvalue weighted by molar-refractivity contribution is -0.902. The van der Waals surface area contributed by atoms with Gasteiger partial charge in [-0.3, -0.25) is 4.79 Å². The molecule has 0 heterocycles. The summed E-state index contributed by atoms with van der Waals surface area (Å²) in [5.41, 5.74) is 0. The summed E-state index contributed by atoms with van der Waals surface area (Å²) in [4.78, 5) is 11.9. The van der Waals surface area contributed by atoms with Gasteiger partial charge in [-0.2, -0.15) is 0 Å². The van der Waals surface area contributed by atoms with Crippen LogP contribution in [0.3, 0.4) is 0 Å². The predicted octanol–water partition coefficient (Wildman–Crippen LogP) is -1.87. The Hall–Kier alpha value is -0.920. The summed E-state index contributed by atoms with van der Waals surface area (Å²) < 4.78 is 31.4. The van der Waals surface area contributed by atoms with Gasteiger partial charge in [-0.15, -0.1) is 0 Å². The van der Waals surface area contributed by atoms with Gasteiger partial charge in [-0.05, 0) is 13.0 Å². The number of carbonyl (C=O) groups excluding carboxylic acids is 1. The van der Waals surface area contributed by atoms with Gasteiger partial charge >= 0.3 is 0 Å². The largest absolute Gasteiger partial charge is 0.748 e. The number of rotatable bonds is 8. The van der Waals surface area contributed by atoms with E-state index in [1.54, 1.807) is 0 Å². The maximum Gasteiger partial charge on any atom is 0.243 e. The third kappa shape index (κ3) is 8.84. The van der Waals surface area contributed by atoms with E-state index in [9.17, 15) is 17.8 Å². The van der Waals surface area contributed by atoms with Crippen LogP contribution in [0.2, 0.25) is 0 Å². The van der Waals surface area contributed by atoms with Crippen molar-refractivity contribution in [1.82, 2.24) is 5.32 Å². The summed E-state index contributed by atoms with van der Waals surface area (Å²) >= 11 is 0. The van der Waals surface area contributed by atoms with Crippen LogP contribution in [0.25, 0.3) is 0 Å². The highest BCUT2D eigenvalue weighted by Gasteiger charge is 2.13. The van der Waals surface area contributed by atoms with E-state index in [4.69, 9.17) is 0 Å². The van der Waals surface area contributed by atoms with Crippen molar-refractivity contribution in [3.05, 3.63) is 12.7 Å². The van der Waals surface area contributed by atoms with Gasteiger partial charge in [-0.1, -0.05) is 6.58 Å². The minimum atomic E-state index is -4.14. The molecule has 2 unspecified atom stereocenters. The molecule has 0 bridgehead atoms. The van der Waals surface area contributed by atoms with Crippen molar-refractivity contribution in [3.63, 3.8) is 0 Å². The SMILES string of the molecule is C=CC(=O)NCC[NH+](C)C(C)CCS(=O)(=O)[O-]. The van der Waals surface area contributed by atoms with Crippen molar-refractivity contribution in [2.45, 2.75) is 19.4 Å². The van der Waals surface area contributed by atoms with Crippen LogP contribution in [0.1, 0.15) is 13.3 Å². The Morgan fingerprint density at radius 2 is 2.18 bits per heavy atom. The van der Waals surface area contributed by atoms with Crippen LogP contribution in [0.5, 0.6) is 0 Å². The van der Waals surface area contributed by atoms with Crippen molar-refractivity contribution < 1.29 is 22.7 Å². The Morgan fingerprint density at radius 3 is 2.65 bits per heavy atom. The van der Waals surface area contributed by atoms with Crippen LogP contribution < -0.4 is 10.2 Å². The van der Waals surface area contributed by atoms with E-state index in [0.29, 0.717) is 19.5 Å². The zero-order valence-electron chi connectivity index (χ0n) is 10.2. The third-order valence-corrected chi connectivity index (χ3v) is 3.38. The summed E-state index contributed by atoms with van der Waals surface area (Å²) in [5, 5.41) is 2.63. The molecule has 0 aromatic rings. The molecule has 0 fully saturated rings. The number of likely N-dealkylation sites (N-methyl/N-ethyl adjacent to an activating group) is 1. The number of quaternary nitrogens is 1. The normalized spacial score (nSPS) is 15.0. The molecule has 0 radical (unpaired) electrons. The molecule has 6 nitrogen and oxygen atoms in total. The summed E-state index contributed by atoms with van der Waals surface area (Å²) in [6, 6.07) is 0.0550. The maximum atomic E-state index is 10.9. The Bertz CT molecular complexity index is 353. The van der Waals surface area contributed by atoms with Gasteiger partial charge in [0, 0.05) is 12.2 Å². The minimum Gasteiger partial charge on any atom is -0.748 e. The fourth-order valence-electron chi connectivity index (χ4n) is 1.27. The van der Waals surface area contributed by atoms with E-state index in [1.807, 2.05) is 14.0 Å². The number of nitrogens with one attached hydrogen (secondary N) is 2. The average molecular weight is 264 g/mol. The first-order valence-electron chi connectivity index (χ1n) is 5.42. The van der Waals surface area contributed by atoms with Gasteiger partial charge in [0.05, 0.1) is 36.3 Å². The molecule has 0 aromatic carbocycles. The Balaban J connectivity index is 3.85. The van der Waals surface area contributed by atoms with E-state index >= 15 is 0 Å². The van der Waals surface area contributed by atoms with Gasteiger partial charge in [0.25, 0.3) is 0 Å². The fraction of sp³-hybridized carbons (Fsp3) is 0.700. The van der Waals surface area contributed by atoms with E-state index < -0.39 is 10.1 Å². The highest BCUT2D eigenvalue weighted by Crippen LogP contribution is 1.91. The molecule has 100 valence electrons. The van der Waals surface area contributed by atoms with E-state index in [2.05, 4.69) is 11.9 Å². The van der Waals surface area contributed by atoms with Crippen molar-refractivity contribution in [1.29, 1.82) is 0 Å². The maximum absolute atomic E-state index is 10.9. The molecular formula is C10H20N2O4S. The fourth-order valence-corrected chi connectivity index (χ4v) is 1.91. The predicted molar refractivity (Wildman–Crippen MR) is 63.6 cm³/mol. The molecule has 2 N–H and O–H groups in total. The van der Waals surface area contributed by atoms with Crippen molar-refractivity contribution in [2.75, 3.05) is 25.9 Å². The van der Waals surface area contributed by atoms with Crippen LogP contribution in [-0.2, 0) is 14.9 Å². The highest BCUT2D eigenvalue weighted by molar-refractivity contribution is 7.85. The molecule has 2 atom stereocenters. The Kier molecular flexibility index (Phi) is 7.01. The minimum absolute atomic E-state index is 0.0550. The molecule has 0 aliphatic carbocycles. The van der Waals surface area contributed by atoms with Gasteiger partial charge in [0.1, 0.15) is 0 Å². The molecular weight excluding hydrogens is 244 g/mol. The number of hydrogen-bond donors (Lipinski definition) is 2. The molecule has 0 saturated heterocycles. The molecule has 0 saturated carbocycles. The molecule has 7 heteroatoms. The molecule has 1 amide bonds. The van der Waals surface area contributed by atoms with E-state index in [1.165, 1.54) is 6.08 Å². The molecule has 0 aliphatic rings. The standard InChI is InChI=1S/C10H20N2O4S/c1-4-10(13)11-6-7-12(3)9(2)5-8-17(14,15)16/h4,9H,1,5-8H2,2-3H3,(H,11,13)(H,14,15,16). The lowest BCUT2D eigenvalue weighted by Gasteiger charge is -2.22. The second-order valence-corrected chi connectivity index (χ2v) is 5.57. The summed E-state index contributed by atoms with van der Waals surface area (Å²) in [6.45, 7) is 6.36. The van der Waals surface area contributed by atoms with Crippen LogP contribution in [0, 0.1) is 0 Å². The zero-order valence-corrected chi connectivity index (χ0v) is 11.0. The van der Waals surface area contributed by atoms with Crippen molar-refractivity contribution in [2.24, 2.45) is 0 Å². The summed E-state index contributed by atoms with van der Waals surface area (Å²) in [6.07, 6.45) is 1.52. The summed E-state index contributed by atoms with van der Waals surface area (Å²) in [7, 11) is -2.25. The molecule has 0 aliphatic heterocycles.